The molecule has 1 aromatic carbocycles. The van der Waals surface area contributed by atoms with Gasteiger partial charge in [-0.25, -0.2) is 4.98 Å². The van der Waals surface area contributed by atoms with Crippen LogP contribution in [0, 0.1) is 24.2 Å². The van der Waals surface area contributed by atoms with E-state index in [1.807, 2.05) is 6.92 Å². The van der Waals surface area contributed by atoms with Crippen molar-refractivity contribution in [2.24, 2.45) is 17.3 Å². The number of carboxylic acids is 1. The number of aliphatic hydroxyl groups is 1. The zero-order valence-electron chi connectivity index (χ0n) is 22.5. The highest BCUT2D eigenvalue weighted by molar-refractivity contribution is 7.18. The fourth-order valence-electron chi connectivity index (χ4n) is 4.79. The van der Waals surface area contributed by atoms with E-state index in [9.17, 15) is 14.7 Å². The Kier molecular flexibility index (Phi) is 11.5. The Morgan fingerprint density at radius 1 is 1.28 bits per heavy atom. The second-order valence-electron chi connectivity index (χ2n) is 10.8. The van der Waals surface area contributed by atoms with Crippen LogP contribution in [0.3, 0.4) is 0 Å². The lowest BCUT2D eigenvalue weighted by atomic mass is 9.72. The highest BCUT2D eigenvalue weighted by atomic mass is 32.1. The summed E-state index contributed by atoms with van der Waals surface area (Å²) < 4.78 is 1.24. The first kappa shape index (κ1) is 29.9. The number of ketones is 1. The number of hydrogen-bond donors (Lipinski definition) is 2. The molecule has 0 aliphatic heterocycles. The molecule has 0 fully saturated rings. The Balaban J connectivity index is 1.81. The van der Waals surface area contributed by atoms with Crippen molar-refractivity contribution in [2.75, 3.05) is 0 Å². The van der Waals surface area contributed by atoms with Gasteiger partial charge in [0.25, 0.3) is 0 Å². The van der Waals surface area contributed by atoms with Gasteiger partial charge in [0.2, 0.25) is 0 Å². The Hall–Kier alpha value is -2.31. The first-order chi connectivity index (χ1) is 16.9. The van der Waals surface area contributed by atoms with Crippen LogP contribution in [-0.4, -0.2) is 33.1 Å². The predicted molar refractivity (Wildman–Crippen MR) is 149 cm³/mol. The molecule has 1 aromatic heterocycles. The molecule has 3 atom stereocenters. The van der Waals surface area contributed by atoms with Gasteiger partial charge in [0.1, 0.15) is 5.78 Å². The maximum absolute atomic E-state index is 13.2. The van der Waals surface area contributed by atoms with Gasteiger partial charge in [-0.2, -0.15) is 0 Å². The number of aliphatic carboxylic acids is 1. The number of nitrogens with zero attached hydrogens (tertiary/aromatic N) is 1. The number of carboxylic acid groups (broad SMARTS) is 1. The Morgan fingerprint density at radius 3 is 2.67 bits per heavy atom. The van der Waals surface area contributed by atoms with Crippen LogP contribution in [0.5, 0.6) is 0 Å². The molecule has 5 nitrogen and oxygen atoms in total. The van der Waals surface area contributed by atoms with Gasteiger partial charge in [0.05, 0.1) is 33.2 Å². The van der Waals surface area contributed by atoms with Gasteiger partial charge in [-0.1, -0.05) is 51.0 Å². The summed E-state index contributed by atoms with van der Waals surface area (Å²) in [6.45, 7) is 13.5. The maximum atomic E-state index is 13.2. The zero-order chi connectivity index (χ0) is 26.9. The van der Waals surface area contributed by atoms with E-state index in [0.29, 0.717) is 12.3 Å². The van der Waals surface area contributed by atoms with Crippen molar-refractivity contribution >= 4 is 33.3 Å². The van der Waals surface area contributed by atoms with Gasteiger partial charge in [-0.15, -0.1) is 17.9 Å². The molecular formula is C30H43NO4S. The average molecular weight is 514 g/mol. The molecule has 1 heterocycles. The van der Waals surface area contributed by atoms with Crippen molar-refractivity contribution in [3.05, 3.63) is 53.1 Å². The molecule has 0 amide bonds. The SMILES string of the molecule is C=CCC(C[C@@H](C)CCC/C(C)=C\CCc1ccc2sc(C)nc2c1)C(=O)C(C)(C)[C@@H](O)CC(=O)O. The molecule has 0 saturated heterocycles. The van der Waals surface area contributed by atoms with E-state index in [1.54, 1.807) is 31.3 Å². The van der Waals surface area contributed by atoms with Crippen LogP contribution in [0.2, 0.25) is 0 Å². The van der Waals surface area contributed by atoms with E-state index < -0.39 is 23.9 Å². The second kappa shape index (κ2) is 13.8. The first-order valence-electron chi connectivity index (χ1n) is 13.0. The van der Waals surface area contributed by atoms with Gasteiger partial charge >= 0.3 is 5.97 Å². The third-order valence-corrected chi connectivity index (χ3v) is 8.05. The number of Topliss-reactive ketones (excluding diaryl/α,β-unsaturated/α-hetero) is 1. The van der Waals surface area contributed by atoms with E-state index in [-0.39, 0.29) is 11.7 Å². The topological polar surface area (TPSA) is 87.5 Å². The number of carbonyl (C=O) groups is 2. The Bertz CT molecular complexity index is 1070. The van der Waals surface area contributed by atoms with Crippen molar-refractivity contribution in [2.45, 2.75) is 92.1 Å². The average Bonchev–Trinajstić information content (AvgIpc) is 3.17. The summed E-state index contributed by atoms with van der Waals surface area (Å²) in [5, 5.41) is 20.4. The van der Waals surface area contributed by atoms with E-state index in [4.69, 9.17) is 5.11 Å². The number of allylic oxidation sites excluding steroid dienone is 3. The minimum absolute atomic E-state index is 0.0786. The molecule has 0 aliphatic rings. The number of carbonyl (C=O) groups excluding carboxylic acids is 1. The van der Waals surface area contributed by atoms with Gasteiger partial charge in [0, 0.05) is 5.92 Å². The van der Waals surface area contributed by atoms with Crippen LogP contribution in [-0.2, 0) is 16.0 Å². The molecule has 0 radical (unpaired) electrons. The Labute approximate surface area is 220 Å². The fraction of sp³-hybridized carbons (Fsp3) is 0.567. The summed E-state index contributed by atoms with van der Waals surface area (Å²) in [5.41, 5.74) is 2.70. The molecule has 2 aromatic rings. The van der Waals surface area contributed by atoms with Crippen molar-refractivity contribution < 1.29 is 19.8 Å². The molecule has 36 heavy (non-hydrogen) atoms. The molecule has 2 N–H and O–H groups in total. The van der Waals surface area contributed by atoms with Crippen LogP contribution >= 0.6 is 11.3 Å². The highest BCUT2D eigenvalue weighted by Gasteiger charge is 2.40. The quantitative estimate of drug-likeness (QED) is 0.230. The number of benzene rings is 1. The summed E-state index contributed by atoms with van der Waals surface area (Å²) in [5.74, 6) is -1.08. The maximum Gasteiger partial charge on any atom is 0.306 e. The summed E-state index contributed by atoms with van der Waals surface area (Å²) in [4.78, 5) is 28.8. The van der Waals surface area contributed by atoms with Crippen LogP contribution in [0.15, 0.2) is 42.5 Å². The van der Waals surface area contributed by atoms with E-state index >= 15 is 0 Å². The van der Waals surface area contributed by atoms with Crippen LogP contribution in [0.25, 0.3) is 10.2 Å². The van der Waals surface area contributed by atoms with Gasteiger partial charge in [-0.3, -0.25) is 9.59 Å². The molecule has 198 valence electrons. The van der Waals surface area contributed by atoms with Crippen LogP contribution in [0.4, 0.5) is 0 Å². The third kappa shape index (κ3) is 8.97. The summed E-state index contributed by atoms with van der Waals surface area (Å²) in [6.07, 6.45) is 8.84. The summed E-state index contributed by atoms with van der Waals surface area (Å²) in [7, 11) is 0. The normalized spacial score (nSPS) is 15.0. The number of rotatable bonds is 16. The molecule has 1 unspecified atom stereocenters. The van der Waals surface area contributed by atoms with Gasteiger partial charge in [-0.05, 0) is 76.0 Å². The minimum Gasteiger partial charge on any atom is -0.481 e. The monoisotopic (exact) mass is 513 g/mol. The van der Waals surface area contributed by atoms with Crippen molar-refractivity contribution in [1.29, 1.82) is 0 Å². The lowest BCUT2D eigenvalue weighted by Gasteiger charge is -2.32. The number of aromatic nitrogens is 1. The molecule has 6 heteroatoms. The third-order valence-electron chi connectivity index (χ3n) is 7.10. The van der Waals surface area contributed by atoms with Crippen LogP contribution < -0.4 is 0 Å². The first-order valence-corrected chi connectivity index (χ1v) is 13.8. The van der Waals surface area contributed by atoms with Gasteiger partial charge in [0.15, 0.2) is 0 Å². The molecule has 0 spiro atoms. The summed E-state index contributed by atoms with van der Waals surface area (Å²) in [6, 6.07) is 6.58. The smallest absolute Gasteiger partial charge is 0.306 e. The van der Waals surface area contributed by atoms with Crippen LogP contribution in [0.1, 0.15) is 83.2 Å². The second-order valence-corrected chi connectivity index (χ2v) is 12.0. The lowest BCUT2D eigenvalue weighted by molar-refractivity contribution is -0.145. The van der Waals surface area contributed by atoms with E-state index in [2.05, 4.69) is 49.7 Å². The number of aryl methyl sites for hydroxylation is 2. The number of aliphatic hydroxyl groups excluding tert-OH is 1. The fourth-order valence-corrected chi connectivity index (χ4v) is 5.59. The van der Waals surface area contributed by atoms with E-state index in [1.165, 1.54) is 15.8 Å². The summed E-state index contributed by atoms with van der Waals surface area (Å²) >= 11 is 1.73. The largest absolute Gasteiger partial charge is 0.481 e. The van der Waals surface area contributed by atoms with E-state index in [0.717, 1.165) is 49.0 Å². The van der Waals surface area contributed by atoms with Crippen molar-refractivity contribution in [3.8, 4) is 0 Å². The molecule has 0 bridgehead atoms. The Morgan fingerprint density at radius 2 is 2.00 bits per heavy atom. The highest BCUT2D eigenvalue weighted by Crippen LogP contribution is 2.33. The predicted octanol–water partition coefficient (Wildman–Crippen LogP) is 7.30. The minimum atomic E-state index is -1.20. The number of hydrogen-bond acceptors (Lipinski definition) is 5. The molecule has 0 saturated carbocycles. The molecule has 2 rings (SSSR count). The van der Waals surface area contributed by atoms with Crippen molar-refractivity contribution in [3.63, 3.8) is 0 Å². The van der Waals surface area contributed by atoms with Crippen molar-refractivity contribution in [1.82, 2.24) is 4.98 Å². The zero-order valence-corrected chi connectivity index (χ0v) is 23.4. The molecular weight excluding hydrogens is 470 g/mol. The van der Waals surface area contributed by atoms with Gasteiger partial charge < -0.3 is 10.2 Å². The lowest BCUT2D eigenvalue weighted by Crippen LogP contribution is -2.42. The number of thiazole rings is 1. The standard InChI is InChI=1S/C30H43NO4S/c1-7-10-24(29(35)30(5,6)27(32)19-28(33)34)17-21(3)13-8-11-20(2)12-9-14-23-15-16-26-25(18-23)31-22(4)36-26/h7,12,15-16,18,21,24,27,32H,1,8-11,13-14,17,19H2,2-6H3,(H,33,34)/b20-12-/t21-,24?,27-/m0/s1. The number of fused-ring (bicyclic) bond motifs is 1. The molecule has 0 aliphatic carbocycles.